The molecule has 0 aromatic rings. The Kier molecular flexibility index (Phi) is 57.7. The van der Waals surface area contributed by atoms with Crippen molar-refractivity contribution < 1.29 is 25.2 Å². The molecule has 0 aromatic heterocycles. The number of carbonyl (C=O) groups excluding carboxylic acids is 1. The third kappa shape index (κ3) is 52.9. The van der Waals surface area contributed by atoms with E-state index in [9.17, 15) is 25.2 Å². The van der Waals surface area contributed by atoms with Crippen LogP contribution >= 0.6 is 0 Å². The maximum Gasteiger partial charge on any atom is 0.249 e. The van der Waals surface area contributed by atoms with Crippen LogP contribution in [0.1, 0.15) is 328 Å². The number of hydrogen-bond donors (Lipinski definition) is 5. The summed E-state index contributed by atoms with van der Waals surface area (Å²) in [4.78, 5) is 12.6. The van der Waals surface area contributed by atoms with Crippen LogP contribution in [-0.2, 0) is 4.79 Å². The Labute approximate surface area is 442 Å². The lowest BCUT2D eigenvalue weighted by Gasteiger charge is -2.27. The Morgan fingerprint density at radius 3 is 0.887 bits per heavy atom. The molecular weight excluding hydrogens is 875 g/mol. The molecule has 5 N–H and O–H groups in total. The van der Waals surface area contributed by atoms with Crippen LogP contribution in [0.25, 0.3) is 0 Å². The quantitative estimate of drug-likeness (QED) is 0.0308. The van der Waals surface area contributed by atoms with Crippen molar-refractivity contribution in [3.8, 4) is 0 Å². The summed E-state index contributed by atoms with van der Waals surface area (Å²) in [5, 5.41) is 44.0. The molecule has 0 saturated carbocycles. The van der Waals surface area contributed by atoms with Crippen molar-refractivity contribution >= 4 is 5.91 Å². The molecule has 0 spiro atoms. The van der Waals surface area contributed by atoms with E-state index in [4.69, 9.17) is 0 Å². The number of aliphatic hydroxyl groups excluding tert-OH is 4. The van der Waals surface area contributed by atoms with Gasteiger partial charge in [0.2, 0.25) is 5.91 Å². The molecule has 0 fully saturated rings. The van der Waals surface area contributed by atoms with Gasteiger partial charge >= 0.3 is 0 Å². The smallest absolute Gasteiger partial charge is 0.249 e. The molecule has 1 amide bonds. The Morgan fingerprint density at radius 1 is 0.338 bits per heavy atom. The van der Waals surface area contributed by atoms with E-state index in [-0.39, 0.29) is 0 Å². The molecular formula is C65H123NO5. The second-order valence-electron chi connectivity index (χ2n) is 21.7. The number of aliphatic hydroxyl groups is 4. The maximum absolute atomic E-state index is 12.6. The number of carbonyl (C=O) groups is 1. The summed E-state index contributed by atoms with van der Waals surface area (Å²) in [5.41, 5.74) is 0. The zero-order valence-corrected chi connectivity index (χ0v) is 47.5. The Morgan fingerprint density at radius 2 is 0.592 bits per heavy atom. The number of unbranched alkanes of at least 4 members (excludes halogenated alkanes) is 41. The average Bonchev–Trinajstić information content (AvgIpc) is 3.38. The molecule has 71 heavy (non-hydrogen) atoms. The Bertz CT molecular complexity index is 1170. The number of rotatable bonds is 58. The van der Waals surface area contributed by atoms with Gasteiger partial charge in [-0.15, -0.1) is 0 Å². The topological polar surface area (TPSA) is 110 Å². The van der Waals surface area contributed by atoms with E-state index in [0.717, 1.165) is 51.4 Å². The summed E-state index contributed by atoms with van der Waals surface area (Å²) in [6, 6.07) is -1.01. The van der Waals surface area contributed by atoms with Gasteiger partial charge < -0.3 is 25.7 Å². The maximum atomic E-state index is 12.6. The van der Waals surface area contributed by atoms with E-state index < -0.39 is 36.9 Å². The van der Waals surface area contributed by atoms with Crippen LogP contribution in [-0.4, -0.2) is 57.3 Å². The molecule has 0 heterocycles. The highest BCUT2D eigenvalue weighted by Crippen LogP contribution is 2.18. The van der Waals surface area contributed by atoms with Gasteiger partial charge in [-0.05, 0) is 89.9 Å². The largest absolute Gasteiger partial charge is 0.394 e. The van der Waals surface area contributed by atoms with Gasteiger partial charge in [-0.2, -0.15) is 0 Å². The molecule has 4 unspecified atom stereocenters. The van der Waals surface area contributed by atoms with Crippen LogP contribution in [0, 0.1) is 0 Å². The lowest BCUT2D eigenvalue weighted by atomic mass is 10.00. The highest BCUT2D eigenvalue weighted by atomic mass is 16.3. The average molecular weight is 999 g/mol. The minimum Gasteiger partial charge on any atom is -0.394 e. The summed E-state index contributed by atoms with van der Waals surface area (Å²) >= 11 is 0. The van der Waals surface area contributed by atoms with Crippen molar-refractivity contribution in [2.75, 3.05) is 6.61 Å². The van der Waals surface area contributed by atoms with Gasteiger partial charge in [0.05, 0.1) is 18.8 Å². The first kappa shape index (κ1) is 69.3. The standard InChI is InChI=1S/C65H123NO5/c1-3-5-7-9-11-13-15-17-19-21-23-25-26-27-28-29-30-31-32-33-34-35-36-37-39-41-43-45-47-49-51-53-55-57-59-63(69)65(71)66-61(60-67)64(70)62(68)58-56-54-52-50-48-46-44-42-40-38-24-22-20-18-16-14-12-10-8-6-4-2/h22,24,29-30,42,44,50,52,61-64,67-70H,3-21,23,25-28,31-41,43,45-49,51,53-60H2,1-2H3,(H,66,71)/b24-22+,30-29-,44-42+,52-50+. The van der Waals surface area contributed by atoms with Crippen LogP contribution < -0.4 is 5.32 Å². The van der Waals surface area contributed by atoms with E-state index in [1.54, 1.807) is 0 Å². The first-order valence-electron chi connectivity index (χ1n) is 31.5. The number of allylic oxidation sites excluding steroid dienone is 8. The fraction of sp³-hybridized carbons (Fsp3) is 0.862. The molecule has 418 valence electrons. The van der Waals surface area contributed by atoms with Gasteiger partial charge in [0.1, 0.15) is 12.2 Å². The highest BCUT2D eigenvalue weighted by molar-refractivity contribution is 5.80. The third-order valence-electron chi connectivity index (χ3n) is 14.7. The first-order chi connectivity index (χ1) is 35.0. The summed E-state index contributed by atoms with van der Waals surface area (Å²) in [6.45, 7) is 4.07. The van der Waals surface area contributed by atoms with E-state index in [1.165, 1.54) is 244 Å². The molecule has 0 aliphatic rings. The molecule has 0 bridgehead atoms. The Hall–Kier alpha value is -1.73. The monoisotopic (exact) mass is 998 g/mol. The second kappa shape index (κ2) is 59.2. The molecule has 0 aliphatic heterocycles. The lowest BCUT2D eigenvalue weighted by Crippen LogP contribution is -2.53. The van der Waals surface area contributed by atoms with E-state index in [2.05, 4.69) is 67.8 Å². The van der Waals surface area contributed by atoms with Gasteiger partial charge in [-0.25, -0.2) is 0 Å². The van der Waals surface area contributed by atoms with Crippen molar-refractivity contribution in [3.63, 3.8) is 0 Å². The molecule has 0 radical (unpaired) electrons. The molecule has 4 atom stereocenters. The van der Waals surface area contributed by atoms with Crippen LogP contribution in [0.5, 0.6) is 0 Å². The zero-order chi connectivity index (χ0) is 51.6. The van der Waals surface area contributed by atoms with Crippen molar-refractivity contribution in [2.24, 2.45) is 0 Å². The summed E-state index contributed by atoms with van der Waals surface area (Å²) in [6.07, 6.45) is 76.4. The molecule has 6 heteroatoms. The van der Waals surface area contributed by atoms with Gasteiger partial charge in [-0.1, -0.05) is 287 Å². The van der Waals surface area contributed by atoms with Crippen LogP contribution in [0.4, 0.5) is 0 Å². The number of amides is 1. The Balaban J connectivity index is 3.61. The number of nitrogens with one attached hydrogen (secondary N) is 1. The molecule has 0 aliphatic carbocycles. The predicted octanol–water partition coefficient (Wildman–Crippen LogP) is 18.9. The van der Waals surface area contributed by atoms with E-state index >= 15 is 0 Å². The summed E-state index contributed by atoms with van der Waals surface area (Å²) in [5.74, 6) is -0.596. The van der Waals surface area contributed by atoms with Crippen molar-refractivity contribution in [2.45, 2.75) is 353 Å². The predicted molar refractivity (Wildman–Crippen MR) is 311 cm³/mol. The summed E-state index contributed by atoms with van der Waals surface area (Å²) in [7, 11) is 0. The minimum atomic E-state index is -1.30. The molecule has 0 rings (SSSR count). The second-order valence-corrected chi connectivity index (χ2v) is 21.7. The third-order valence-corrected chi connectivity index (χ3v) is 14.7. The van der Waals surface area contributed by atoms with Gasteiger partial charge in [0, 0.05) is 0 Å². The summed E-state index contributed by atoms with van der Waals surface area (Å²) < 4.78 is 0. The normalized spacial score (nSPS) is 13.9. The fourth-order valence-corrected chi connectivity index (χ4v) is 9.79. The molecule has 0 saturated heterocycles. The molecule has 0 aromatic carbocycles. The van der Waals surface area contributed by atoms with E-state index in [0.29, 0.717) is 19.3 Å². The van der Waals surface area contributed by atoms with Crippen molar-refractivity contribution in [1.29, 1.82) is 0 Å². The zero-order valence-electron chi connectivity index (χ0n) is 47.5. The number of hydrogen-bond acceptors (Lipinski definition) is 5. The SMILES string of the molecule is CCCCCCCCCC/C=C/CC/C=C/CC/C=C/CCCC(O)C(O)C(CO)NC(=O)C(O)CCCCCCCCCCCCCCCCCC/C=C\CCCCCCCCCCCCCCCC. The van der Waals surface area contributed by atoms with Crippen molar-refractivity contribution in [3.05, 3.63) is 48.6 Å². The highest BCUT2D eigenvalue weighted by Gasteiger charge is 2.28. The van der Waals surface area contributed by atoms with E-state index in [1.807, 2.05) is 0 Å². The lowest BCUT2D eigenvalue weighted by molar-refractivity contribution is -0.132. The van der Waals surface area contributed by atoms with Gasteiger partial charge in [-0.3, -0.25) is 4.79 Å². The van der Waals surface area contributed by atoms with Crippen LogP contribution in [0.2, 0.25) is 0 Å². The van der Waals surface area contributed by atoms with Gasteiger partial charge in [0.25, 0.3) is 0 Å². The fourth-order valence-electron chi connectivity index (χ4n) is 9.79. The van der Waals surface area contributed by atoms with Crippen molar-refractivity contribution in [1.82, 2.24) is 5.32 Å². The van der Waals surface area contributed by atoms with Crippen LogP contribution in [0.15, 0.2) is 48.6 Å². The minimum absolute atomic E-state index is 0.360. The first-order valence-corrected chi connectivity index (χ1v) is 31.5. The molecule has 6 nitrogen and oxygen atoms in total. The van der Waals surface area contributed by atoms with Crippen LogP contribution in [0.3, 0.4) is 0 Å². The van der Waals surface area contributed by atoms with Gasteiger partial charge in [0.15, 0.2) is 0 Å².